The highest BCUT2D eigenvalue weighted by atomic mass is 32.2. The van der Waals surface area contributed by atoms with Crippen molar-refractivity contribution in [3.63, 3.8) is 0 Å². The molecule has 0 aliphatic carbocycles. The molecule has 2 aromatic heterocycles. The van der Waals surface area contributed by atoms with Gasteiger partial charge >= 0.3 is 0 Å². The number of ether oxygens (including phenoxy) is 2. The SMILES string of the molecule is O=C(NCc1ccc(S(=O)(=O)c2cccc3c2OCO3)cc1)c1cnc2nccn2c1. The zero-order valence-corrected chi connectivity index (χ0v) is 16.9. The van der Waals surface area contributed by atoms with E-state index in [9.17, 15) is 13.2 Å². The summed E-state index contributed by atoms with van der Waals surface area (Å²) in [6.07, 6.45) is 6.40. The van der Waals surface area contributed by atoms with Crippen LogP contribution in [-0.2, 0) is 16.4 Å². The average Bonchev–Trinajstić information content (AvgIpc) is 3.46. The fourth-order valence-electron chi connectivity index (χ4n) is 3.25. The predicted molar refractivity (Wildman–Crippen MR) is 109 cm³/mol. The Kier molecular flexibility index (Phi) is 4.55. The molecule has 0 unspecified atom stereocenters. The van der Waals surface area contributed by atoms with Crippen molar-refractivity contribution in [3.05, 3.63) is 78.4 Å². The second kappa shape index (κ2) is 7.40. The summed E-state index contributed by atoms with van der Waals surface area (Å²) < 4.78 is 38.3. The number of sulfone groups is 1. The van der Waals surface area contributed by atoms with Crippen LogP contribution >= 0.6 is 0 Å². The molecule has 5 rings (SSSR count). The fraction of sp³-hybridized carbons (Fsp3) is 0.0952. The Morgan fingerprint density at radius 3 is 2.77 bits per heavy atom. The van der Waals surface area contributed by atoms with Crippen molar-refractivity contribution in [2.24, 2.45) is 0 Å². The summed E-state index contributed by atoms with van der Waals surface area (Å²) in [7, 11) is -3.78. The molecule has 0 saturated carbocycles. The van der Waals surface area contributed by atoms with E-state index in [0.717, 1.165) is 5.56 Å². The highest BCUT2D eigenvalue weighted by Crippen LogP contribution is 2.40. The molecule has 1 aliphatic heterocycles. The maximum absolute atomic E-state index is 13.0. The van der Waals surface area contributed by atoms with Gasteiger partial charge in [-0.25, -0.2) is 18.4 Å². The minimum absolute atomic E-state index is 0.0101. The van der Waals surface area contributed by atoms with Gasteiger partial charge in [0.2, 0.25) is 22.4 Å². The van der Waals surface area contributed by atoms with Crippen molar-refractivity contribution in [1.82, 2.24) is 19.7 Å². The van der Waals surface area contributed by atoms with E-state index in [4.69, 9.17) is 9.47 Å². The number of para-hydroxylation sites is 1. The second-order valence-corrected chi connectivity index (χ2v) is 8.72. The van der Waals surface area contributed by atoms with Crippen LogP contribution in [-0.4, -0.2) is 35.5 Å². The lowest BCUT2D eigenvalue weighted by Crippen LogP contribution is -2.23. The molecule has 0 spiro atoms. The molecule has 0 saturated heterocycles. The number of fused-ring (bicyclic) bond motifs is 2. The van der Waals surface area contributed by atoms with Crippen LogP contribution in [0.2, 0.25) is 0 Å². The van der Waals surface area contributed by atoms with E-state index < -0.39 is 9.84 Å². The van der Waals surface area contributed by atoms with E-state index >= 15 is 0 Å². The molecule has 31 heavy (non-hydrogen) atoms. The zero-order valence-electron chi connectivity index (χ0n) is 16.1. The lowest BCUT2D eigenvalue weighted by atomic mass is 10.2. The maximum atomic E-state index is 13.0. The first-order chi connectivity index (χ1) is 15.0. The van der Waals surface area contributed by atoms with E-state index in [0.29, 0.717) is 17.1 Å². The molecule has 1 aliphatic rings. The molecule has 10 heteroatoms. The lowest BCUT2D eigenvalue weighted by molar-refractivity contribution is 0.0950. The monoisotopic (exact) mass is 436 g/mol. The third kappa shape index (κ3) is 3.46. The molecule has 0 bridgehead atoms. The van der Waals surface area contributed by atoms with Gasteiger partial charge < -0.3 is 14.8 Å². The number of hydrogen-bond donors (Lipinski definition) is 1. The fourth-order valence-corrected chi connectivity index (χ4v) is 4.66. The smallest absolute Gasteiger partial charge is 0.254 e. The van der Waals surface area contributed by atoms with Crippen LogP contribution in [0, 0.1) is 0 Å². The topological polar surface area (TPSA) is 112 Å². The molecule has 156 valence electrons. The van der Waals surface area contributed by atoms with Gasteiger partial charge in [-0.3, -0.25) is 9.20 Å². The van der Waals surface area contributed by atoms with Crippen LogP contribution < -0.4 is 14.8 Å². The Labute approximate surface area is 177 Å². The third-order valence-corrected chi connectivity index (χ3v) is 6.64. The molecule has 4 aromatic rings. The quantitative estimate of drug-likeness (QED) is 0.510. The Morgan fingerprint density at radius 1 is 1.10 bits per heavy atom. The Bertz CT molecular complexity index is 1400. The molecule has 1 N–H and O–H groups in total. The number of imidazole rings is 1. The zero-order chi connectivity index (χ0) is 21.4. The van der Waals surface area contributed by atoms with Crippen LogP contribution in [0.15, 0.2) is 77.0 Å². The van der Waals surface area contributed by atoms with E-state index in [-0.39, 0.29) is 34.8 Å². The molecule has 1 amide bonds. The number of amides is 1. The van der Waals surface area contributed by atoms with Gasteiger partial charge in [0.1, 0.15) is 4.90 Å². The third-order valence-electron chi connectivity index (χ3n) is 4.84. The molecule has 0 radical (unpaired) electrons. The lowest BCUT2D eigenvalue weighted by Gasteiger charge is -2.09. The molecular weight excluding hydrogens is 420 g/mol. The van der Waals surface area contributed by atoms with Crippen LogP contribution in [0.5, 0.6) is 11.5 Å². The molecule has 0 fully saturated rings. The number of rotatable bonds is 5. The summed E-state index contributed by atoms with van der Waals surface area (Å²) >= 11 is 0. The van der Waals surface area contributed by atoms with E-state index in [1.54, 1.807) is 47.3 Å². The molecule has 9 nitrogen and oxygen atoms in total. The number of hydrogen-bond acceptors (Lipinski definition) is 7. The Morgan fingerprint density at radius 2 is 1.94 bits per heavy atom. The van der Waals surface area contributed by atoms with Crippen molar-refractivity contribution >= 4 is 21.5 Å². The number of nitrogens with one attached hydrogen (secondary N) is 1. The molecular formula is C21H16N4O5S. The van der Waals surface area contributed by atoms with Crippen LogP contribution in [0.25, 0.3) is 5.78 Å². The van der Waals surface area contributed by atoms with Crippen LogP contribution in [0.1, 0.15) is 15.9 Å². The molecule has 0 atom stereocenters. The summed E-state index contributed by atoms with van der Waals surface area (Å²) in [5.74, 6) is 0.845. The van der Waals surface area contributed by atoms with Crippen molar-refractivity contribution < 1.29 is 22.7 Å². The van der Waals surface area contributed by atoms with Gasteiger partial charge in [0.25, 0.3) is 5.91 Å². The largest absolute Gasteiger partial charge is 0.454 e. The summed E-state index contributed by atoms with van der Waals surface area (Å²) in [5.41, 5.74) is 1.15. The standard InChI is InChI=1S/C21H16N4O5S/c26-20(15-11-24-21-22-8-9-25(21)12-15)23-10-14-4-6-16(7-5-14)31(27,28)18-3-1-2-17-19(18)30-13-29-17/h1-9,11-12H,10,13H2,(H,23,26). The average molecular weight is 436 g/mol. The van der Waals surface area contributed by atoms with Gasteiger partial charge in [-0.15, -0.1) is 0 Å². The first-order valence-electron chi connectivity index (χ1n) is 9.32. The number of carbonyl (C=O) groups excluding carboxylic acids is 1. The van der Waals surface area contributed by atoms with Crippen LogP contribution in [0.3, 0.4) is 0 Å². The summed E-state index contributed by atoms with van der Waals surface area (Å²) in [5, 5.41) is 2.80. The van der Waals surface area contributed by atoms with Gasteiger partial charge in [0, 0.05) is 31.3 Å². The highest BCUT2D eigenvalue weighted by molar-refractivity contribution is 7.91. The first kappa shape index (κ1) is 19.1. The van der Waals surface area contributed by atoms with E-state index in [1.807, 2.05) is 0 Å². The Balaban J connectivity index is 1.31. The number of benzene rings is 2. The maximum Gasteiger partial charge on any atom is 0.254 e. The van der Waals surface area contributed by atoms with Crippen LogP contribution in [0.4, 0.5) is 0 Å². The van der Waals surface area contributed by atoms with Crippen molar-refractivity contribution in [2.75, 3.05) is 6.79 Å². The second-order valence-electron chi connectivity index (χ2n) is 6.80. The summed E-state index contributed by atoms with van der Waals surface area (Å²) in [4.78, 5) is 20.7. The predicted octanol–water partition coefficient (Wildman–Crippen LogP) is 2.22. The van der Waals surface area contributed by atoms with E-state index in [1.165, 1.54) is 24.4 Å². The number of aromatic nitrogens is 3. The van der Waals surface area contributed by atoms with Crippen molar-refractivity contribution in [2.45, 2.75) is 16.3 Å². The van der Waals surface area contributed by atoms with Crippen molar-refractivity contribution in [1.29, 1.82) is 0 Å². The highest BCUT2D eigenvalue weighted by Gasteiger charge is 2.27. The van der Waals surface area contributed by atoms with Gasteiger partial charge in [-0.05, 0) is 29.8 Å². The Hall–Kier alpha value is -3.92. The van der Waals surface area contributed by atoms with Gasteiger partial charge in [-0.1, -0.05) is 18.2 Å². The van der Waals surface area contributed by atoms with E-state index in [2.05, 4.69) is 15.3 Å². The first-order valence-corrected chi connectivity index (χ1v) is 10.8. The van der Waals surface area contributed by atoms with Gasteiger partial charge in [0.05, 0.1) is 10.5 Å². The minimum Gasteiger partial charge on any atom is -0.454 e. The van der Waals surface area contributed by atoms with Gasteiger partial charge in [0.15, 0.2) is 11.5 Å². The van der Waals surface area contributed by atoms with Crippen molar-refractivity contribution in [3.8, 4) is 11.5 Å². The van der Waals surface area contributed by atoms with Gasteiger partial charge in [-0.2, -0.15) is 0 Å². The number of nitrogens with zero attached hydrogens (tertiary/aromatic N) is 3. The molecule has 2 aromatic carbocycles. The molecule has 3 heterocycles. The number of carbonyl (C=O) groups is 1. The summed E-state index contributed by atoms with van der Waals surface area (Å²) in [6, 6.07) is 11.1. The normalized spacial score (nSPS) is 12.8. The summed E-state index contributed by atoms with van der Waals surface area (Å²) in [6.45, 7) is 0.225. The minimum atomic E-state index is -3.78.